The molecule has 1 rings (SSSR count). The van der Waals surface area contributed by atoms with Crippen LogP contribution in [0.25, 0.3) is 0 Å². The third-order valence-corrected chi connectivity index (χ3v) is 3.01. The van der Waals surface area contributed by atoms with Gasteiger partial charge in [-0.15, -0.1) is 0 Å². The Hall–Kier alpha value is -1.55. The molecule has 1 amide bonds. The summed E-state index contributed by atoms with van der Waals surface area (Å²) in [5, 5.41) is 2.84. The van der Waals surface area contributed by atoms with Crippen LogP contribution in [0.15, 0.2) is 18.2 Å². The molecule has 0 aromatic heterocycles. The van der Waals surface area contributed by atoms with Crippen LogP contribution >= 0.6 is 0 Å². The number of aryl methyl sites for hydroxylation is 1. The molecule has 4 nitrogen and oxygen atoms in total. The van der Waals surface area contributed by atoms with Gasteiger partial charge in [-0.2, -0.15) is 0 Å². The van der Waals surface area contributed by atoms with Gasteiger partial charge < -0.3 is 15.8 Å². The van der Waals surface area contributed by atoms with Crippen LogP contribution in [0.5, 0.6) is 5.75 Å². The van der Waals surface area contributed by atoms with E-state index in [0.29, 0.717) is 6.54 Å². The molecular formula is C15H24N2O2. The van der Waals surface area contributed by atoms with Crippen LogP contribution in [-0.2, 0) is 17.6 Å². The van der Waals surface area contributed by atoms with Crippen LogP contribution in [0, 0.1) is 0 Å². The van der Waals surface area contributed by atoms with Crippen molar-refractivity contribution in [2.45, 2.75) is 39.2 Å². The van der Waals surface area contributed by atoms with Crippen LogP contribution in [0.1, 0.15) is 31.9 Å². The van der Waals surface area contributed by atoms with Crippen molar-refractivity contribution < 1.29 is 9.53 Å². The second-order valence-electron chi connectivity index (χ2n) is 5.23. The van der Waals surface area contributed by atoms with Crippen molar-refractivity contribution in [2.24, 2.45) is 5.73 Å². The zero-order valence-electron chi connectivity index (χ0n) is 12.2. The standard InChI is InChI=1S/C15H24N2O2/c1-5-12-10-11(6-7-13(12)19-4)8-9-17-14(18)15(2,3)16/h6-7,10H,5,8-9,16H2,1-4H3,(H,17,18). The predicted molar refractivity (Wildman–Crippen MR) is 77.4 cm³/mol. The second kappa shape index (κ2) is 6.57. The maximum Gasteiger partial charge on any atom is 0.239 e. The number of hydrogen-bond acceptors (Lipinski definition) is 3. The van der Waals surface area contributed by atoms with E-state index < -0.39 is 5.54 Å². The van der Waals surface area contributed by atoms with E-state index in [2.05, 4.69) is 18.3 Å². The Labute approximate surface area is 115 Å². The number of ether oxygens (including phenoxy) is 1. The molecule has 0 aliphatic heterocycles. The minimum absolute atomic E-state index is 0.128. The van der Waals surface area contributed by atoms with E-state index in [9.17, 15) is 4.79 Å². The molecular weight excluding hydrogens is 240 g/mol. The number of nitrogens with one attached hydrogen (secondary N) is 1. The van der Waals surface area contributed by atoms with E-state index in [1.54, 1.807) is 21.0 Å². The van der Waals surface area contributed by atoms with Gasteiger partial charge in [-0.1, -0.05) is 19.1 Å². The monoisotopic (exact) mass is 264 g/mol. The lowest BCUT2D eigenvalue weighted by Crippen LogP contribution is -2.49. The van der Waals surface area contributed by atoms with Crippen molar-refractivity contribution in [3.8, 4) is 5.75 Å². The number of carbonyl (C=O) groups excluding carboxylic acids is 1. The summed E-state index contributed by atoms with van der Waals surface area (Å²) in [5.74, 6) is 0.787. The molecule has 0 unspecified atom stereocenters. The lowest BCUT2D eigenvalue weighted by atomic mass is 10.0. The molecule has 0 bridgehead atoms. The summed E-state index contributed by atoms with van der Waals surface area (Å²) >= 11 is 0. The first-order valence-corrected chi connectivity index (χ1v) is 6.61. The minimum atomic E-state index is -0.825. The number of methoxy groups -OCH3 is 1. The Morgan fingerprint density at radius 2 is 2.11 bits per heavy atom. The lowest BCUT2D eigenvalue weighted by Gasteiger charge is -2.17. The first-order chi connectivity index (χ1) is 8.88. The molecule has 0 aliphatic rings. The summed E-state index contributed by atoms with van der Waals surface area (Å²) in [6.07, 6.45) is 1.72. The molecule has 0 saturated carbocycles. The molecule has 1 aromatic rings. The quantitative estimate of drug-likeness (QED) is 0.821. The van der Waals surface area contributed by atoms with E-state index in [-0.39, 0.29) is 5.91 Å². The highest BCUT2D eigenvalue weighted by Gasteiger charge is 2.20. The van der Waals surface area contributed by atoms with E-state index >= 15 is 0 Å². The third kappa shape index (κ3) is 4.56. The summed E-state index contributed by atoms with van der Waals surface area (Å²) in [7, 11) is 1.68. The van der Waals surface area contributed by atoms with Gasteiger partial charge in [-0.25, -0.2) is 0 Å². The number of nitrogens with two attached hydrogens (primary N) is 1. The summed E-state index contributed by atoms with van der Waals surface area (Å²) < 4.78 is 5.29. The Balaban J connectivity index is 2.57. The highest BCUT2D eigenvalue weighted by Crippen LogP contribution is 2.20. The SMILES string of the molecule is CCc1cc(CCNC(=O)C(C)(C)N)ccc1OC. The van der Waals surface area contributed by atoms with Gasteiger partial charge in [0.05, 0.1) is 12.6 Å². The summed E-state index contributed by atoms with van der Waals surface area (Å²) in [6.45, 7) is 6.09. The number of hydrogen-bond donors (Lipinski definition) is 2. The van der Waals surface area contributed by atoms with Gasteiger partial charge in [0.15, 0.2) is 0 Å². The minimum Gasteiger partial charge on any atom is -0.496 e. The fourth-order valence-electron chi connectivity index (χ4n) is 1.81. The smallest absolute Gasteiger partial charge is 0.239 e. The molecule has 0 spiro atoms. The van der Waals surface area contributed by atoms with Crippen molar-refractivity contribution in [1.29, 1.82) is 0 Å². The van der Waals surface area contributed by atoms with Gasteiger partial charge in [0.1, 0.15) is 5.75 Å². The van der Waals surface area contributed by atoms with Gasteiger partial charge in [0.2, 0.25) is 5.91 Å². The Morgan fingerprint density at radius 1 is 1.42 bits per heavy atom. The third-order valence-electron chi connectivity index (χ3n) is 3.01. The van der Waals surface area contributed by atoms with Gasteiger partial charge in [0.25, 0.3) is 0 Å². The summed E-state index contributed by atoms with van der Waals surface area (Å²) in [4.78, 5) is 11.6. The second-order valence-corrected chi connectivity index (χ2v) is 5.23. The molecule has 0 saturated heterocycles. The highest BCUT2D eigenvalue weighted by molar-refractivity contribution is 5.84. The zero-order chi connectivity index (χ0) is 14.5. The predicted octanol–water partition coefficient (Wildman–Crippen LogP) is 1.65. The van der Waals surface area contributed by atoms with Crippen LogP contribution in [0.2, 0.25) is 0 Å². The van der Waals surface area contributed by atoms with E-state index in [4.69, 9.17) is 10.5 Å². The van der Waals surface area contributed by atoms with Gasteiger partial charge in [-0.05, 0) is 43.9 Å². The molecule has 0 atom stereocenters. The number of benzene rings is 1. The van der Waals surface area contributed by atoms with Gasteiger partial charge in [0, 0.05) is 6.54 Å². The number of amides is 1. The normalized spacial score (nSPS) is 11.2. The first-order valence-electron chi connectivity index (χ1n) is 6.61. The number of carbonyl (C=O) groups is 1. The molecule has 0 aliphatic carbocycles. The van der Waals surface area contributed by atoms with Crippen molar-refractivity contribution in [2.75, 3.05) is 13.7 Å². The fraction of sp³-hybridized carbons (Fsp3) is 0.533. The molecule has 1 aromatic carbocycles. The van der Waals surface area contributed by atoms with Crippen molar-refractivity contribution in [3.63, 3.8) is 0 Å². The Kier molecular flexibility index (Phi) is 5.36. The average Bonchev–Trinajstić information content (AvgIpc) is 2.37. The summed E-state index contributed by atoms with van der Waals surface area (Å²) in [5.41, 5.74) is 7.26. The largest absolute Gasteiger partial charge is 0.496 e. The van der Waals surface area contributed by atoms with Crippen molar-refractivity contribution in [1.82, 2.24) is 5.32 Å². The average molecular weight is 264 g/mol. The van der Waals surface area contributed by atoms with Crippen LogP contribution in [0.4, 0.5) is 0 Å². The molecule has 0 radical (unpaired) electrons. The van der Waals surface area contributed by atoms with E-state index in [1.165, 1.54) is 11.1 Å². The van der Waals surface area contributed by atoms with Crippen LogP contribution < -0.4 is 15.8 Å². The Morgan fingerprint density at radius 3 is 2.63 bits per heavy atom. The highest BCUT2D eigenvalue weighted by atomic mass is 16.5. The molecule has 4 heteroatoms. The fourth-order valence-corrected chi connectivity index (χ4v) is 1.81. The molecule has 0 fully saturated rings. The van der Waals surface area contributed by atoms with Crippen molar-refractivity contribution >= 4 is 5.91 Å². The zero-order valence-corrected chi connectivity index (χ0v) is 12.2. The maximum atomic E-state index is 11.6. The first kappa shape index (κ1) is 15.5. The topological polar surface area (TPSA) is 64.4 Å². The van der Waals surface area contributed by atoms with Gasteiger partial charge >= 0.3 is 0 Å². The molecule has 106 valence electrons. The van der Waals surface area contributed by atoms with Crippen LogP contribution in [-0.4, -0.2) is 25.1 Å². The van der Waals surface area contributed by atoms with E-state index in [0.717, 1.165) is 18.6 Å². The van der Waals surface area contributed by atoms with Gasteiger partial charge in [-0.3, -0.25) is 4.79 Å². The maximum absolute atomic E-state index is 11.6. The van der Waals surface area contributed by atoms with Crippen molar-refractivity contribution in [3.05, 3.63) is 29.3 Å². The molecule has 3 N–H and O–H groups in total. The summed E-state index contributed by atoms with van der Waals surface area (Å²) in [6, 6.07) is 6.12. The Bertz CT molecular complexity index is 436. The number of rotatable bonds is 6. The lowest BCUT2D eigenvalue weighted by molar-refractivity contribution is -0.125. The molecule has 0 heterocycles. The van der Waals surface area contributed by atoms with Crippen LogP contribution in [0.3, 0.4) is 0 Å². The van der Waals surface area contributed by atoms with E-state index in [1.807, 2.05) is 12.1 Å². The molecule has 19 heavy (non-hydrogen) atoms.